The van der Waals surface area contributed by atoms with Crippen molar-refractivity contribution in [3.63, 3.8) is 0 Å². The second kappa shape index (κ2) is 7.69. The maximum atomic E-state index is 11.3. The molecule has 3 rings (SSSR count). The number of aliphatic hydroxyl groups is 1. The van der Waals surface area contributed by atoms with Gasteiger partial charge in [0.25, 0.3) is 0 Å². The molecule has 1 amide bonds. The Morgan fingerprint density at radius 1 is 1.08 bits per heavy atom. The Balaban J connectivity index is 1.48. The summed E-state index contributed by atoms with van der Waals surface area (Å²) in [6.07, 6.45) is 0.367. The molecule has 1 aliphatic rings. The molecule has 1 heterocycles. The van der Waals surface area contributed by atoms with Crippen LogP contribution in [-0.4, -0.2) is 30.3 Å². The molecule has 1 atom stereocenters. The van der Waals surface area contributed by atoms with E-state index in [1.165, 1.54) is 0 Å². The highest BCUT2D eigenvalue weighted by atomic mass is 16.5. The average Bonchev–Trinajstić information content (AvgIpc) is 2.65. The zero-order valence-electron chi connectivity index (χ0n) is 13.6. The van der Waals surface area contributed by atoms with Crippen LogP contribution in [0.1, 0.15) is 17.5 Å². The second-order valence-corrected chi connectivity index (χ2v) is 5.78. The van der Waals surface area contributed by atoms with Crippen LogP contribution in [0.25, 0.3) is 0 Å². The fourth-order valence-electron chi connectivity index (χ4n) is 2.51. The Bertz CT molecular complexity index is 796. The van der Waals surface area contributed by atoms with Gasteiger partial charge in [-0.1, -0.05) is 0 Å². The first-order valence-corrected chi connectivity index (χ1v) is 8.00. The Kier molecular flexibility index (Phi) is 5.17. The predicted molar refractivity (Wildman–Crippen MR) is 91.5 cm³/mol. The number of aryl methyl sites for hydroxylation is 1. The molecule has 0 radical (unpaired) electrons. The number of hydrogen-bond acceptors (Lipinski definition) is 5. The zero-order valence-corrected chi connectivity index (χ0v) is 13.6. The molecule has 0 aromatic heterocycles. The van der Waals surface area contributed by atoms with Crippen molar-refractivity contribution in [2.75, 3.05) is 18.5 Å². The third-order valence-corrected chi connectivity index (χ3v) is 3.84. The predicted octanol–water partition coefficient (Wildman–Crippen LogP) is 2.26. The molecule has 25 heavy (non-hydrogen) atoms. The Labute approximate surface area is 145 Å². The topological polar surface area (TPSA) is 91.6 Å². The molecule has 2 aromatic rings. The van der Waals surface area contributed by atoms with Gasteiger partial charge >= 0.3 is 0 Å². The molecule has 0 bridgehead atoms. The molecule has 6 nitrogen and oxygen atoms in total. The van der Waals surface area contributed by atoms with Crippen LogP contribution in [0.2, 0.25) is 0 Å². The molecule has 2 aromatic carbocycles. The Hall–Kier alpha value is -3.04. The van der Waals surface area contributed by atoms with E-state index in [0.717, 1.165) is 11.3 Å². The van der Waals surface area contributed by atoms with Gasteiger partial charge in [-0.3, -0.25) is 4.79 Å². The first kappa shape index (κ1) is 16.8. The summed E-state index contributed by atoms with van der Waals surface area (Å²) >= 11 is 0. The maximum absolute atomic E-state index is 11.3. The smallest absolute Gasteiger partial charge is 0.224 e. The summed E-state index contributed by atoms with van der Waals surface area (Å²) in [5.74, 6) is 1.26. The molecule has 2 N–H and O–H groups in total. The molecule has 0 spiro atoms. The van der Waals surface area contributed by atoms with Gasteiger partial charge in [-0.15, -0.1) is 0 Å². The molecule has 1 aliphatic heterocycles. The molecule has 0 saturated carbocycles. The lowest BCUT2D eigenvalue weighted by molar-refractivity contribution is -0.116. The number of benzene rings is 2. The van der Waals surface area contributed by atoms with Crippen LogP contribution in [-0.2, 0) is 11.2 Å². The van der Waals surface area contributed by atoms with Gasteiger partial charge in [-0.05, 0) is 54.4 Å². The van der Waals surface area contributed by atoms with E-state index in [0.29, 0.717) is 29.9 Å². The van der Waals surface area contributed by atoms with Crippen molar-refractivity contribution in [2.24, 2.45) is 0 Å². The fraction of sp³-hybridized carbons (Fsp3) is 0.263. The highest BCUT2D eigenvalue weighted by Crippen LogP contribution is 2.26. The minimum Gasteiger partial charge on any atom is -0.491 e. The lowest BCUT2D eigenvalue weighted by Crippen LogP contribution is -2.25. The zero-order chi connectivity index (χ0) is 17.6. The maximum Gasteiger partial charge on any atom is 0.224 e. The van der Waals surface area contributed by atoms with Gasteiger partial charge in [0, 0.05) is 12.1 Å². The summed E-state index contributed by atoms with van der Waals surface area (Å²) in [6.45, 7) is 0.189. The molecular weight excluding hydrogens is 320 g/mol. The molecule has 0 fully saturated rings. The number of carbonyl (C=O) groups excluding carboxylic acids is 1. The number of nitrogens with zero attached hydrogens (tertiary/aromatic N) is 1. The van der Waals surface area contributed by atoms with E-state index in [1.807, 2.05) is 12.1 Å². The van der Waals surface area contributed by atoms with Gasteiger partial charge in [-0.2, -0.15) is 5.26 Å². The van der Waals surface area contributed by atoms with E-state index in [4.69, 9.17) is 14.7 Å². The van der Waals surface area contributed by atoms with Gasteiger partial charge in [0.2, 0.25) is 5.91 Å². The van der Waals surface area contributed by atoms with Crippen molar-refractivity contribution in [3.8, 4) is 17.6 Å². The van der Waals surface area contributed by atoms with E-state index < -0.39 is 6.10 Å². The molecule has 0 unspecified atom stereocenters. The first-order chi connectivity index (χ1) is 12.1. The summed E-state index contributed by atoms with van der Waals surface area (Å²) in [6, 6.07) is 14.2. The third-order valence-electron chi connectivity index (χ3n) is 3.84. The van der Waals surface area contributed by atoms with Crippen LogP contribution < -0.4 is 14.8 Å². The standard InChI is InChI=1S/C19H18N2O4/c20-10-13-1-4-16(5-2-13)24-11-15(22)12-25-17-6-7-18-14(9-17)3-8-19(23)21-18/h1-2,4-7,9,15,22H,3,8,11-12H2,(H,21,23)/t15-/m1/s1. The largest absolute Gasteiger partial charge is 0.491 e. The van der Waals surface area contributed by atoms with E-state index in [1.54, 1.807) is 36.4 Å². The normalized spacial score (nSPS) is 14.0. The van der Waals surface area contributed by atoms with Crippen molar-refractivity contribution >= 4 is 11.6 Å². The number of rotatable bonds is 6. The number of carbonyl (C=O) groups is 1. The number of fused-ring (bicyclic) bond motifs is 1. The van der Waals surface area contributed by atoms with Crippen LogP contribution in [0, 0.1) is 11.3 Å². The number of nitrogens with one attached hydrogen (secondary N) is 1. The third kappa shape index (κ3) is 4.49. The van der Waals surface area contributed by atoms with Crippen LogP contribution in [0.15, 0.2) is 42.5 Å². The molecule has 0 aliphatic carbocycles. The highest BCUT2D eigenvalue weighted by Gasteiger charge is 2.15. The average molecular weight is 338 g/mol. The van der Waals surface area contributed by atoms with Crippen LogP contribution in [0.4, 0.5) is 5.69 Å². The van der Waals surface area contributed by atoms with Gasteiger partial charge in [-0.25, -0.2) is 0 Å². The fourth-order valence-corrected chi connectivity index (χ4v) is 2.51. The van der Waals surface area contributed by atoms with Crippen molar-refractivity contribution in [1.29, 1.82) is 5.26 Å². The number of amides is 1. The molecule has 0 saturated heterocycles. The van der Waals surface area contributed by atoms with Gasteiger partial charge in [0.1, 0.15) is 30.8 Å². The van der Waals surface area contributed by atoms with E-state index in [-0.39, 0.29) is 19.1 Å². The van der Waals surface area contributed by atoms with Gasteiger partial charge in [0.05, 0.1) is 11.6 Å². The Morgan fingerprint density at radius 2 is 1.76 bits per heavy atom. The highest BCUT2D eigenvalue weighted by molar-refractivity contribution is 5.93. The number of aliphatic hydroxyl groups excluding tert-OH is 1. The van der Waals surface area contributed by atoms with Crippen LogP contribution >= 0.6 is 0 Å². The first-order valence-electron chi connectivity index (χ1n) is 8.00. The summed E-state index contributed by atoms with van der Waals surface area (Å²) in [7, 11) is 0. The van der Waals surface area contributed by atoms with Crippen LogP contribution in [0.5, 0.6) is 11.5 Å². The van der Waals surface area contributed by atoms with E-state index in [2.05, 4.69) is 5.32 Å². The summed E-state index contributed by atoms with van der Waals surface area (Å²) in [5.41, 5.74) is 2.40. The van der Waals surface area contributed by atoms with Gasteiger partial charge < -0.3 is 19.9 Å². The number of anilines is 1. The minimum atomic E-state index is -0.786. The van der Waals surface area contributed by atoms with E-state index in [9.17, 15) is 9.90 Å². The van der Waals surface area contributed by atoms with Gasteiger partial charge in [0.15, 0.2) is 0 Å². The van der Waals surface area contributed by atoms with Crippen molar-refractivity contribution in [1.82, 2.24) is 0 Å². The number of nitriles is 1. The number of hydrogen-bond donors (Lipinski definition) is 2. The van der Waals surface area contributed by atoms with E-state index >= 15 is 0 Å². The molecule has 6 heteroatoms. The second-order valence-electron chi connectivity index (χ2n) is 5.78. The molecule has 128 valence electrons. The quantitative estimate of drug-likeness (QED) is 0.843. The lowest BCUT2D eigenvalue weighted by Gasteiger charge is -2.18. The molecular formula is C19H18N2O4. The SMILES string of the molecule is N#Cc1ccc(OC[C@@H](O)COc2ccc3c(c2)CCC(=O)N3)cc1. The Morgan fingerprint density at radius 3 is 2.48 bits per heavy atom. The monoisotopic (exact) mass is 338 g/mol. The summed E-state index contributed by atoms with van der Waals surface area (Å²) in [5, 5.41) is 21.5. The van der Waals surface area contributed by atoms with Crippen LogP contribution in [0.3, 0.4) is 0 Å². The minimum absolute atomic E-state index is 0.0246. The summed E-state index contributed by atoms with van der Waals surface area (Å²) < 4.78 is 11.1. The lowest BCUT2D eigenvalue weighted by atomic mass is 10.0. The van der Waals surface area contributed by atoms with Crippen molar-refractivity contribution in [3.05, 3.63) is 53.6 Å². The number of ether oxygens (including phenoxy) is 2. The summed E-state index contributed by atoms with van der Waals surface area (Å²) in [4.78, 5) is 11.3. The van der Waals surface area contributed by atoms with Crippen molar-refractivity contribution in [2.45, 2.75) is 18.9 Å². The van der Waals surface area contributed by atoms with Crippen molar-refractivity contribution < 1.29 is 19.4 Å².